The maximum atomic E-state index is 9.60. The maximum absolute atomic E-state index is 9.60. The predicted octanol–water partition coefficient (Wildman–Crippen LogP) is 0.423. The number of halogens is 1. The Labute approximate surface area is 62.5 Å². The van der Waals surface area contributed by atoms with Crippen LogP contribution in [0.15, 0.2) is 12.2 Å². The summed E-state index contributed by atoms with van der Waals surface area (Å²) in [5.41, 5.74) is 4.20. The van der Waals surface area contributed by atoms with Crippen LogP contribution in [0.4, 0.5) is 9.50 Å². The average molecular weight is 167 g/mol. The molecule has 0 aromatic heterocycles. The smallest absolute Gasteiger partial charge is 0.402 e. The number of hydrogen-bond donors (Lipinski definition) is 3. The van der Waals surface area contributed by atoms with Crippen LogP contribution in [0, 0.1) is 0 Å². The van der Waals surface area contributed by atoms with Crippen molar-refractivity contribution in [1.29, 1.82) is 0 Å². The molecule has 0 spiro atoms. The fourth-order valence-corrected chi connectivity index (χ4v) is 0. The molecule has 0 heterocycles. The molecule has 1 amide bonds. The Morgan fingerprint density at radius 1 is 1.36 bits per heavy atom. The quantitative estimate of drug-likeness (QED) is 0.492. The van der Waals surface area contributed by atoms with Gasteiger partial charge in [-0.15, -0.1) is 0 Å². The monoisotopic (exact) mass is 167 g/mol. The van der Waals surface area contributed by atoms with Crippen LogP contribution in [-0.4, -0.2) is 22.3 Å². The van der Waals surface area contributed by atoms with Gasteiger partial charge in [0.15, 0.2) is 0 Å². The number of amides is 1. The zero-order valence-electron chi connectivity index (χ0n) is 5.90. The third kappa shape index (κ3) is 59.5. The molecular formula is C5H10FNO4. The van der Waals surface area contributed by atoms with E-state index in [4.69, 9.17) is 15.0 Å². The third-order valence-corrected chi connectivity index (χ3v) is 0.365. The fourth-order valence-electron chi connectivity index (χ4n) is 0. The van der Waals surface area contributed by atoms with Gasteiger partial charge in [-0.3, -0.25) is 4.70 Å². The van der Waals surface area contributed by atoms with Crippen LogP contribution in [0.25, 0.3) is 0 Å². The lowest BCUT2D eigenvalue weighted by Gasteiger charge is -1.79. The second-order valence-corrected chi connectivity index (χ2v) is 1.42. The van der Waals surface area contributed by atoms with Crippen molar-refractivity contribution in [2.75, 3.05) is 0 Å². The van der Waals surface area contributed by atoms with E-state index in [9.17, 15) is 4.79 Å². The Hall–Kier alpha value is -1.59. The van der Waals surface area contributed by atoms with Crippen LogP contribution < -0.4 is 5.73 Å². The van der Waals surface area contributed by atoms with Crippen LogP contribution in [-0.2, 0) is 4.79 Å². The largest absolute Gasteiger partial charge is 0.478 e. The van der Waals surface area contributed by atoms with Crippen molar-refractivity contribution in [3.05, 3.63) is 12.2 Å². The van der Waals surface area contributed by atoms with Crippen molar-refractivity contribution in [1.82, 2.24) is 0 Å². The molecule has 0 aliphatic carbocycles. The Kier molecular flexibility index (Phi) is 12.4. The van der Waals surface area contributed by atoms with E-state index in [1.165, 1.54) is 6.92 Å². The Morgan fingerprint density at radius 3 is 1.45 bits per heavy atom. The lowest BCUT2D eigenvalue weighted by atomic mass is 10.4. The molecular weight excluding hydrogens is 157 g/mol. The lowest BCUT2D eigenvalue weighted by molar-refractivity contribution is -0.132. The van der Waals surface area contributed by atoms with Crippen LogP contribution in [0.2, 0.25) is 0 Å². The zero-order valence-corrected chi connectivity index (χ0v) is 5.90. The molecule has 0 aliphatic heterocycles. The second-order valence-electron chi connectivity index (χ2n) is 1.42. The molecule has 0 rings (SSSR count). The van der Waals surface area contributed by atoms with Crippen LogP contribution in [0.5, 0.6) is 0 Å². The molecule has 0 saturated carbocycles. The van der Waals surface area contributed by atoms with Crippen molar-refractivity contribution < 1.29 is 24.5 Å². The number of nitrogens with two attached hydrogens (primary N) is 1. The van der Waals surface area contributed by atoms with Crippen molar-refractivity contribution in [3.8, 4) is 0 Å². The SMILES string of the molecule is C=C(C)C(=O)O.F.NC(=O)O. The number of carboxylic acids is 1. The summed E-state index contributed by atoms with van der Waals surface area (Å²) in [6.07, 6.45) is -1.33. The predicted molar refractivity (Wildman–Crippen MR) is 37.2 cm³/mol. The normalized spacial score (nSPS) is 6.27. The minimum atomic E-state index is -1.33. The third-order valence-electron chi connectivity index (χ3n) is 0.365. The van der Waals surface area contributed by atoms with Gasteiger partial charge in [0.05, 0.1) is 0 Å². The molecule has 6 heteroatoms. The number of primary amides is 1. The van der Waals surface area contributed by atoms with Gasteiger partial charge in [0.2, 0.25) is 0 Å². The fraction of sp³-hybridized carbons (Fsp3) is 0.200. The molecule has 0 radical (unpaired) electrons. The summed E-state index contributed by atoms with van der Waals surface area (Å²) >= 11 is 0. The van der Waals surface area contributed by atoms with Crippen molar-refractivity contribution >= 4 is 12.1 Å². The van der Waals surface area contributed by atoms with E-state index < -0.39 is 12.1 Å². The minimum absolute atomic E-state index is 0. The highest BCUT2D eigenvalue weighted by atomic mass is 19.0. The summed E-state index contributed by atoms with van der Waals surface area (Å²) in [6.45, 7) is 4.60. The van der Waals surface area contributed by atoms with Gasteiger partial charge < -0.3 is 15.9 Å². The topological polar surface area (TPSA) is 101 Å². The minimum Gasteiger partial charge on any atom is -0.478 e. The molecule has 0 bridgehead atoms. The van der Waals surface area contributed by atoms with Crippen LogP contribution >= 0.6 is 0 Å². The summed E-state index contributed by atoms with van der Waals surface area (Å²) in [5, 5.41) is 15.1. The molecule has 0 fully saturated rings. The van der Waals surface area contributed by atoms with E-state index in [2.05, 4.69) is 12.3 Å². The van der Waals surface area contributed by atoms with E-state index >= 15 is 0 Å². The Morgan fingerprint density at radius 2 is 1.45 bits per heavy atom. The van der Waals surface area contributed by atoms with E-state index in [1.54, 1.807) is 0 Å². The number of hydrogen-bond acceptors (Lipinski definition) is 2. The summed E-state index contributed by atoms with van der Waals surface area (Å²) in [7, 11) is 0. The van der Waals surface area contributed by atoms with E-state index in [1.807, 2.05) is 0 Å². The first kappa shape index (κ1) is 16.2. The van der Waals surface area contributed by atoms with Crippen molar-refractivity contribution in [3.63, 3.8) is 0 Å². The highest BCUT2D eigenvalue weighted by Crippen LogP contribution is 1.81. The highest BCUT2D eigenvalue weighted by Gasteiger charge is 1.90. The van der Waals surface area contributed by atoms with Crippen LogP contribution in [0.3, 0.4) is 0 Å². The van der Waals surface area contributed by atoms with E-state index in [0.29, 0.717) is 0 Å². The van der Waals surface area contributed by atoms with Gasteiger partial charge in [0, 0.05) is 5.57 Å². The zero-order chi connectivity index (χ0) is 8.73. The molecule has 0 aliphatic rings. The molecule has 11 heavy (non-hydrogen) atoms. The molecule has 4 N–H and O–H groups in total. The average Bonchev–Trinajstić information content (AvgIpc) is 1.63. The first-order chi connectivity index (χ1) is 4.37. The van der Waals surface area contributed by atoms with Gasteiger partial charge >= 0.3 is 12.1 Å². The number of aliphatic carboxylic acids is 1. The van der Waals surface area contributed by atoms with Crippen molar-refractivity contribution in [2.24, 2.45) is 5.73 Å². The van der Waals surface area contributed by atoms with Gasteiger partial charge in [-0.1, -0.05) is 6.58 Å². The van der Waals surface area contributed by atoms with Crippen molar-refractivity contribution in [2.45, 2.75) is 6.92 Å². The molecule has 0 aromatic rings. The molecule has 66 valence electrons. The summed E-state index contributed by atoms with van der Waals surface area (Å²) in [5.74, 6) is -0.935. The van der Waals surface area contributed by atoms with E-state index in [-0.39, 0.29) is 10.3 Å². The number of carbonyl (C=O) groups is 2. The highest BCUT2D eigenvalue weighted by molar-refractivity contribution is 5.84. The molecule has 5 nitrogen and oxygen atoms in total. The lowest BCUT2D eigenvalue weighted by Crippen LogP contribution is -2.03. The summed E-state index contributed by atoms with van der Waals surface area (Å²) in [6, 6.07) is 0. The van der Waals surface area contributed by atoms with E-state index in [0.717, 1.165) is 0 Å². The maximum Gasteiger partial charge on any atom is 0.402 e. The summed E-state index contributed by atoms with van der Waals surface area (Å²) < 4.78 is 0. The Bertz CT molecular complexity index is 141. The first-order valence-electron chi connectivity index (χ1n) is 2.25. The summed E-state index contributed by atoms with van der Waals surface area (Å²) in [4.78, 5) is 18.4. The van der Waals surface area contributed by atoms with Gasteiger partial charge in [0.1, 0.15) is 0 Å². The second kappa shape index (κ2) is 8.41. The standard InChI is InChI=1S/C4H6O2.CH3NO2.FH/c1-3(2)4(5)6;2-1(3)4;/h1H2,2H3,(H,5,6);2H2,(H,3,4);1H. The molecule has 0 saturated heterocycles. The first-order valence-corrected chi connectivity index (χ1v) is 2.25. The molecule has 0 unspecified atom stereocenters. The number of rotatable bonds is 1. The van der Waals surface area contributed by atoms with Gasteiger partial charge in [-0.25, -0.2) is 9.59 Å². The van der Waals surface area contributed by atoms with Gasteiger partial charge in [0.25, 0.3) is 0 Å². The number of carboxylic acid groups (broad SMARTS) is 2. The Balaban J connectivity index is -0.000000114. The molecule has 0 aromatic carbocycles. The van der Waals surface area contributed by atoms with Crippen LogP contribution in [0.1, 0.15) is 6.92 Å². The van der Waals surface area contributed by atoms with Gasteiger partial charge in [-0.05, 0) is 6.92 Å². The molecule has 0 atom stereocenters. The van der Waals surface area contributed by atoms with Gasteiger partial charge in [-0.2, -0.15) is 0 Å².